The maximum absolute atomic E-state index is 13.6. The molecular weight excluding hydrogens is 350 g/mol. The van der Waals surface area contributed by atoms with Crippen LogP contribution in [0.2, 0.25) is 0 Å². The number of carbonyl (C=O) groups is 1. The Morgan fingerprint density at radius 2 is 2.10 bits per heavy atom. The minimum Gasteiger partial charge on any atom is -0.322 e. The number of anilines is 1. The van der Waals surface area contributed by atoms with Crippen LogP contribution in [0.25, 0.3) is 0 Å². The van der Waals surface area contributed by atoms with Gasteiger partial charge in [0.1, 0.15) is 5.82 Å². The van der Waals surface area contributed by atoms with Gasteiger partial charge in [-0.25, -0.2) is 8.78 Å². The fraction of sp³-hybridized carbons (Fsp3) is 0.462. The predicted molar refractivity (Wildman–Crippen MR) is 81.0 cm³/mol. The van der Waals surface area contributed by atoms with Gasteiger partial charge in [-0.05, 0) is 47.9 Å². The van der Waals surface area contributed by atoms with Gasteiger partial charge in [-0.15, -0.1) is 11.8 Å². The molecule has 1 aliphatic rings. The number of rotatable bonds is 4. The van der Waals surface area contributed by atoms with Crippen LogP contribution in [0, 0.1) is 11.6 Å². The predicted octanol–water partition coefficient (Wildman–Crippen LogP) is 3.15. The molecule has 1 heterocycles. The summed E-state index contributed by atoms with van der Waals surface area (Å²) in [5.41, 5.74) is -0.0117. The summed E-state index contributed by atoms with van der Waals surface area (Å²) in [5, 5.41) is 6.20. The molecule has 1 amide bonds. The topological polar surface area (TPSA) is 41.1 Å². The van der Waals surface area contributed by atoms with Gasteiger partial charge in [0, 0.05) is 15.8 Å². The van der Waals surface area contributed by atoms with Gasteiger partial charge in [0.25, 0.3) is 0 Å². The Kier molecular flexibility index (Phi) is 5.80. The zero-order valence-corrected chi connectivity index (χ0v) is 13.1. The molecule has 2 N–H and O–H groups in total. The van der Waals surface area contributed by atoms with Crippen LogP contribution in [-0.4, -0.2) is 30.0 Å². The quantitative estimate of drug-likeness (QED) is 0.862. The van der Waals surface area contributed by atoms with E-state index in [1.165, 1.54) is 0 Å². The maximum atomic E-state index is 13.6. The molecule has 0 aromatic heterocycles. The van der Waals surface area contributed by atoms with E-state index < -0.39 is 11.6 Å². The molecule has 0 unspecified atom stereocenters. The molecule has 110 valence electrons. The highest BCUT2D eigenvalue weighted by Gasteiger charge is 2.17. The molecule has 2 rings (SSSR count). The first-order valence-corrected chi connectivity index (χ1v) is 8.17. The summed E-state index contributed by atoms with van der Waals surface area (Å²) in [6.45, 7) is 1.94. The summed E-state index contributed by atoms with van der Waals surface area (Å²) in [7, 11) is 0. The summed E-state index contributed by atoms with van der Waals surface area (Å²) in [4.78, 5) is 11.8. The van der Waals surface area contributed by atoms with Crippen LogP contribution in [-0.2, 0) is 4.79 Å². The molecule has 1 fully saturated rings. The molecule has 1 aromatic carbocycles. The van der Waals surface area contributed by atoms with E-state index in [1.54, 1.807) is 11.8 Å². The van der Waals surface area contributed by atoms with Crippen molar-refractivity contribution in [1.29, 1.82) is 0 Å². The van der Waals surface area contributed by atoms with Crippen molar-refractivity contribution in [3.63, 3.8) is 0 Å². The summed E-state index contributed by atoms with van der Waals surface area (Å²) >= 11 is 4.62. The van der Waals surface area contributed by atoms with E-state index in [2.05, 4.69) is 26.6 Å². The second kappa shape index (κ2) is 7.38. The number of carbonyl (C=O) groups excluding carboxylic acids is 1. The molecule has 0 spiro atoms. The lowest BCUT2D eigenvalue weighted by Gasteiger charge is -2.21. The van der Waals surface area contributed by atoms with E-state index in [0.29, 0.717) is 5.25 Å². The first-order valence-electron chi connectivity index (χ1n) is 6.33. The van der Waals surface area contributed by atoms with Crippen molar-refractivity contribution in [3.8, 4) is 0 Å². The highest BCUT2D eigenvalue weighted by molar-refractivity contribution is 9.10. The average Bonchev–Trinajstić information content (AvgIpc) is 2.42. The van der Waals surface area contributed by atoms with E-state index >= 15 is 0 Å². The molecule has 0 aliphatic carbocycles. The van der Waals surface area contributed by atoms with Crippen molar-refractivity contribution >= 4 is 39.3 Å². The Morgan fingerprint density at radius 1 is 1.40 bits per heavy atom. The Hall–Kier alpha value is -0.660. The number of halogens is 3. The first kappa shape index (κ1) is 15.7. The molecule has 20 heavy (non-hydrogen) atoms. The Balaban J connectivity index is 1.88. The van der Waals surface area contributed by atoms with Crippen LogP contribution >= 0.6 is 27.7 Å². The van der Waals surface area contributed by atoms with Crippen molar-refractivity contribution in [3.05, 3.63) is 28.2 Å². The summed E-state index contributed by atoms with van der Waals surface area (Å²) in [6.07, 6.45) is 2.07. The van der Waals surface area contributed by atoms with Gasteiger partial charge in [-0.2, -0.15) is 0 Å². The SMILES string of the molecule is O=C(CSC1CCNCC1)Nc1c(F)cc(F)cc1Br. The Labute approximate surface area is 129 Å². The monoisotopic (exact) mass is 364 g/mol. The number of hydrogen-bond donors (Lipinski definition) is 2. The number of piperidine rings is 1. The highest BCUT2D eigenvalue weighted by Crippen LogP contribution is 2.27. The zero-order valence-electron chi connectivity index (χ0n) is 10.7. The molecule has 0 bridgehead atoms. The van der Waals surface area contributed by atoms with Gasteiger partial charge < -0.3 is 10.6 Å². The number of thioether (sulfide) groups is 1. The van der Waals surface area contributed by atoms with Gasteiger partial charge in [0.2, 0.25) is 5.91 Å². The summed E-state index contributed by atoms with van der Waals surface area (Å²) in [5.74, 6) is -1.47. The largest absolute Gasteiger partial charge is 0.322 e. The Bertz CT molecular complexity index is 472. The van der Waals surface area contributed by atoms with Crippen molar-refractivity contribution in [2.24, 2.45) is 0 Å². The molecular formula is C13H15BrF2N2OS. The maximum Gasteiger partial charge on any atom is 0.234 e. The minimum absolute atomic E-state index is 0.0117. The molecule has 0 atom stereocenters. The lowest BCUT2D eigenvalue weighted by molar-refractivity contribution is -0.113. The summed E-state index contributed by atoms with van der Waals surface area (Å²) in [6, 6.07) is 1.87. The molecule has 3 nitrogen and oxygen atoms in total. The van der Waals surface area contributed by atoms with Crippen molar-refractivity contribution in [2.75, 3.05) is 24.2 Å². The standard InChI is InChI=1S/C13H15BrF2N2OS/c14-10-5-8(15)6-11(16)13(10)18-12(19)7-20-9-1-3-17-4-2-9/h5-6,9,17H,1-4,7H2,(H,18,19). The fourth-order valence-corrected chi connectivity index (χ4v) is 3.53. The Morgan fingerprint density at radius 3 is 2.75 bits per heavy atom. The fourth-order valence-electron chi connectivity index (χ4n) is 1.99. The van der Waals surface area contributed by atoms with Gasteiger partial charge >= 0.3 is 0 Å². The number of nitrogens with one attached hydrogen (secondary N) is 2. The van der Waals surface area contributed by atoms with E-state index in [-0.39, 0.29) is 21.8 Å². The van der Waals surface area contributed by atoms with E-state index in [9.17, 15) is 13.6 Å². The van der Waals surface area contributed by atoms with Crippen LogP contribution in [0.3, 0.4) is 0 Å². The second-order valence-corrected chi connectivity index (χ2v) is 6.70. The van der Waals surface area contributed by atoms with Gasteiger partial charge in [0.05, 0.1) is 11.4 Å². The van der Waals surface area contributed by atoms with Crippen LogP contribution < -0.4 is 10.6 Å². The molecule has 1 aromatic rings. The van der Waals surface area contributed by atoms with Crippen molar-refractivity contribution in [1.82, 2.24) is 5.32 Å². The number of amides is 1. The van der Waals surface area contributed by atoms with Crippen LogP contribution in [0.15, 0.2) is 16.6 Å². The van der Waals surface area contributed by atoms with E-state index in [0.717, 1.165) is 38.1 Å². The van der Waals surface area contributed by atoms with Gasteiger partial charge in [0.15, 0.2) is 5.82 Å². The lowest BCUT2D eigenvalue weighted by Crippen LogP contribution is -2.30. The van der Waals surface area contributed by atoms with Gasteiger partial charge in [-0.3, -0.25) is 4.79 Å². The van der Waals surface area contributed by atoms with Crippen molar-refractivity contribution in [2.45, 2.75) is 18.1 Å². The summed E-state index contributed by atoms with van der Waals surface area (Å²) < 4.78 is 26.7. The second-order valence-electron chi connectivity index (χ2n) is 4.55. The lowest BCUT2D eigenvalue weighted by atomic mass is 10.2. The van der Waals surface area contributed by atoms with Crippen LogP contribution in [0.1, 0.15) is 12.8 Å². The first-order chi connectivity index (χ1) is 9.56. The smallest absolute Gasteiger partial charge is 0.234 e. The molecule has 7 heteroatoms. The molecule has 1 aliphatic heterocycles. The third-order valence-electron chi connectivity index (χ3n) is 3.01. The zero-order chi connectivity index (χ0) is 14.5. The third kappa shape index (κ3) is 4.43. The average molecular weight is 365 g/mol. The normalized spacial score (nSPS) is 16.1. The minimum atomic E-state index is -0.780. The van der Waals surface area contributed by atoms with Gasteiger partial charge in [-0.1, -0.05) is 0 Å². The molecule has 0 saturated carbocycles. The van der Waals surface area contributed by atoms with E-state index in [4.69, 9.17) is 0 Å². The molecule has 0 radical (unpaired) electrons. The highest BCUT2D eigenvalue weighted by atomic mass is 79.9. The van der Waals surface area contributed by atoms with E-state index in [1.807, 2.05) is 0 Å². The van der Waals surface area contributed by atoms with Crippen LogP contribution in [0.4, 0.5) is 14.5 Å². The number of hydrogen-bond acceptors (Lipinski definition) is 3. The molecule has 1 saturated heterocycles. The number of benzene rings is 1. The third-order valence-corrected chi connectivity index (χ3v) is 5.00. The van der Waals surface area contributed by atoms with Crippen molar-refractivity contribution < 1.29 is 13.6 Å². The van der Waals surface area contributed by atoms with Crippen LogP contribution in [0.5, 0.6) is 0 Å².